The van der Waals surface area contributed by atoms with Crippen molar-refractivity contribution in [1.82, 2.24) is 10.2 Å². The van der Waals surface area contributed by atoms with Gasteiger partial charge >= 0.3 is 0 Å². The molecule has 1 aromatic carbocycles. The van der Waals surface area contributed by atoms with Crippen molar-refractivity contribution in [2.75, 3.05) is 33.7 Å². The molecule has 0 amide bonds. The number of rotatable bonds is 7. The Labute approximate surface area is 187 Å². The van der Waals surface area contributed by atoms with E-state index < -0.39 is 17.4 Å². The van der Waals surface area contributed by atoms with Gasteiger partial charge in [-0.15, -0.1) is 6.58 Å². The molecule has 1 fully saturated rings. The Balaban J connectivity index is 0. The fraction of sp³-hybridized carbons (Fsp3) is 0.625. The largest absolute Gasteiger partial charge is 0.505 e. The zero-order chi connectivity index (χ0) is 24.2. The van der Waals surface area contributed by atoms with Crippen LogP contribution >= 0.6 is 0 Å². The van der Waals surface area contributed by atoms with Crippen LogP contribution in [0.4, 0.5) is 8.78 Å². The number of phenolic OH excluding ortho intramolecular Hbond substituents is 1. The summed E-state index contributed by atoms with van der Waals surface area (Å²) >= 11 is 0. The summed E-state index contributed by atoms with van der Waals surface area (Å²) in [4.78, 5) is 10.4. The highest BCUT2D eigenvalue weighted by atomic mass is 19.1. The van der Waals surface area contributed by atoms with Crippen molar-refractivity contribution in [2.24, 2.45) is 5.92 Å². The number of hydrogen-bond acceptors (Lipinski definition) is 4. The maximum absolute atomic E-state index is 13.8. The van der Waals surface area contributed by atoms with Gasteiger partial charge in [0.15, 0.2) is 11.6 Å². The number of nitrogens with one attached hydrogen (secondary N) is 1. The molecule has 1 saturated heterocycles. The summed E-state index contributed by atoms with van der Waals surface area (Å²) in [5, 5.41) is 19.4. The van der Waals surface area contributed by atoms with E-state index in [4.69, 9.17) is 9.90 Å². The number of carbonyl (C=O) groups is 1. The van der Waals surface area contributed by atoms with Crippen LogP contribution in [-0.4, -0.2) is 55.3 Å². The van der Waals surface area contributed by atoms with Gasteiger partial charge in [0.05, 0.1) is 0 Å². The van der Waals surface area contributed by atoms with Crippen LogP contribution in [0.2, 0.25) is 0 Å². The standard InChI is InChI=1S/C15H23F2NO.C4H9N.C4H8.CH2O2/c1-4-5-11(6-7-18(2)3)8-12-9-13(16)10-14(19)15(12)17;1-2-4-5-3-1;1-4(2)3;2-1-3/h9-11,19H,4-8H2,1-3H3;5H,1-4H2;1H2,2-3H3;1H,(H,2,3)/t11-;;;/m1.../s1. The summed E-state index contributed by atoms with van der Waals surface area (Å²) in [7, 11) is 4.00. The Morgan fingerprint density at radius 2 is 1.74 bits per heavy atom. The van der Waals surface area contributed by atoms with E-state index in [1.807, 2.05) is 27.9 Å². The molecule has 1 atom stereocenters. The van der Waals surface area contributed by atoms with Gasteiger partial charge in [0, 0.05) is 6.07 Å². The van der Waals surface area contributed by atoms with E-state index in [2.05, 4.69) is 23.7 Å². The molecule has 0 saturated carbocycles. The molecule has 0 aliphatic carbocycles. The second-order valence-electron chi connectivity index (χ2n) is 8.12. The molecule has 180 valence electrons. The maximum Gasteiger partial charge on any atom is 0.290 e. The average molecular weight is 445 g/mol. The van der Waals surface area contributed by atoms with E-state index in [0.717, 1.165) is 31.9 Å². The Morgan fingerprint density at radius 1 is 1.23 bits per heavy atom. The van der Waals surface area contributed by atoms with Crippen LogP contribution in [0.5, 0.6) is 5.75 Å². The summed E-state index contributed by atoms with van der Waals surface area (Å²) in [6, 6.07) is 2.00. The van der Waals surface area contributed by atoms with Crippen LogP contribution in [0.1, 0.15) is 58.4 Å². The maximum atomic E-state index is 13.8. The van der Waals surface area contributed by atoms with Crippen molar-refractivity contribution in [1.29, 1.82) is 0 Å². The normalized spacial score (nSPS) is 13.0. The van der Waals surface area contributed by atoms with Crippen LogP contribution in [0, 0.1) is 17.6 Å². The first-order valence-corrected chi connectivity index (χ1v) is 10.8. The molecule has 1 aromatic rings. The molecule has 3 N–H and O–H groups in total. The fourth-order valence-electron chi connectivity index (χ4n) is 2.91. The fourth-order valence-corrected chi connectivity index (χ4v) is 2.91. The Morgan fingerprint density at radius 3 is 2.13 bits per heavy atom. The van der Waals surface area contributed by atoms with Gasteiger partial charge in [-0.05, 0) is 90.8 Å². The predicted molar refractivity (Wildman–Crippen MR) is 125 cm³/mol. The van der Waals surface area contributed by atoms with Crippen molar-refractivity contribution in [2.45, 2.75) is 59.3 Å². The molecular formula is C24H42F2N2O3. The first-order valence-electron chi connectivity index (χ1n) is 10.8. The Bertz CT molecular complexity index is 595. The predicted octanol–water partition coefficient (Wildman–Crippen LogP) is 5.23. The highest BCUT2D eigenvalue weighted by Gasteiger charge is 2.16. The second-order valence-corrected chi connectivity index (χ2v) is 8.12. The van der Waals surface area contributed by atoms with E-state index in [1.54, 1.807) is 0 Å². The Kier molecular flexibility index (Phi) is 20.1. The van der Waals surface area contributed by atoms with Gasteiger partial charge in [0.1, 0.15) is 5.82 Å². The van der Waals surface area contributed by atoms with Gasteiger partial charge in [0.2, 0.25) is 0 Å². The van der Waals surface area contributed by atoms with Crippen molar-refractivity contribution < 1.29 is 23.8 Å². The van der Waals surface area contributed by atoms with Crippen LogP contribution in [0.15, 0.2) is 24.3 Å². The van der Waals surface area contributed by atoms with Gasteiger partial charge in [-0.1, -0.05) is 25.3 Å². The van der Waals surface area contributed by atoms with Gasteiger partial charge in [-0.25, -0.2) is 8.78 Å². The quantitative estimate of drug-likeness (QED) is 0.397. The minimum absolute atomic E-state index is 0.250. The zero-order valence-electron chi connectivity index (χ0n) is 19.9. The lowest BCUT2D eigenvalue weighted by atomic mass is 9.91. The number of hydrogen-bond donors (Lipinski definition) is 3. The second kappa shape index (κ2) is 19.9. The smallest absolute Gasteiger partial charge is 0.290 e. The summed E-state index contributed by atoms with van der Waals surface area (Å²) in [5.74, 6) is -1.56. The van der Waals surface area contributed by atoms with Crippen LogP contribution in [0.3, 0.4) is 0 Å². The number of halogens is 2. The number of carboxylic acid groups (broad SMARTS) is 1. The van der Waals surface area contributed by atoms with Crippen LogP contribution in [0.25, 0.3) is 0 Å². The molecule has 0 aromatic heterocycles. The topological polar surface area (TPSA) is 72.8 Å². The molecule has 0 unspecified atom stereocenters. The van der Waals surface area contributed by atoms with Crippen molar-refractivity contribution in [3.05, 3.63) is 41.5 Å². The van der Waals surface area contributed by atoms with E-state index in [0.29, 0.717) is 12.3 Å². The molecule has 1 heterocycles. The monoisotopic (exact) mass is 444 g/mol. The lowest BCUT2D eigenvalue weighted by Crippen LogP contribution is -2.18. The number of phenols is 1. The lowest BCUT2D eigenvalue weighted by molar-refractivity contribution is -0.122. The molecule has 0 spiro atoms. The third kappa shape index (κ3) is 19.7. The summed E-state index contributed by atoms with van der Waals surface area (Å²) in [6.45, 7) is 12.8. The average Bonchev–Trinajstić information content (AvgIpc) is 3.24. The van der Waals surface area contributed by atoms with Crippen molar-refractivity contribution in [3.8, 4) is 5.75 Å². The number of allylic oxidation sites excluding steroid dienone is 1. The summed E-state index contributed by atoms with van der Waals surface area (Å²) in [6.07, 6.45) is 6.18. The van der Waals surface area contributed by atoms with E-state index >= 15 is 0 Å². The zero-order valence-corrected chi connectivity index (χ0v) is 19.9. The van der Waals surface area contributed by atoms with Gasteiger partial charge < -0.3 is 20.4 Å². The summed E-state index contributed by atoms with van der Waals surface area (Å²) < 4.78 is 27.0. The number of nitrogens with zero attached hydrogens (tertiary/aromatic N) is 1. The molecular weight excluding hydrogens is 402 g/mol. The molecule has 5 nitrogen and oxygen atoms in total. The number of aromatic hydroxyl groups is 1. The Hall–Kier alpha value is -1.99. The highest BCUT2D eigenvalue weighted by Crippen LogP contribution is 2.26. The van der Waals surface area contributed by atoms with Crippen LogP contribution < -0.4 is 5.32 Å². The van der Waals surface area contributed by atoms with Crippen LogP contribution in [-0.2, 0) is 11.2 Å². The van der Waals surface area contributed by atoms with Crippen molar-refractivity contribution >= 4 is 6.47 Å². The SMILES string of the molecule is C1CCNC1.C=C(C)C.CCC[C@H](CCN(C)C)Cc1cc(F)cc(O)c1F.O=CO. The molecule has 31 heavy (non-hydrogen) atoms. The van der Waals surface area contributed by atoms with E-state index in [9.17, 15) is 13.9 Å². The first-order chi connectivity index (χ1) is 14.6. The molecule has 1 aliphatic rings. The molecule has 1 aliphatic heterocycles. The van der Waals surface area contributed by atoms with E-state index in [-0.39, 0.29) is 12.0 Å². The summed E-state index contributed by atoms with van der Waals surface area (Å²) in [5.41, 5.74) is 1.44. The highest BCUT2D eigenvalue weighted by molar-refractivity contribution is 5.32. The van der Waals surface area contributed by atoms with E-state index in [1.165, 1.54) is 37.6 Å². The van der Waals surface area contributed by atoms with Gasteiger partial charge in [-0.2, -0.15) is 0 Å². The minimum atomic E-state index is -0.688. The third-order valence-corrected chi connectivity index (χ3v) is 4.24. The van der Waals surface area contributed by atoms with Crippen molar-refractivity contribution in [3.63, 3.8) is 0 Å². The first kappa shape index (κ1) is 31.2. The minimum Gasteiger partial charge on any atom is -0.505 e. The lowest BCUT2D eigenvalue weighted by Gasteiger charge is -2.19. The molecule has 7 heteroatoms. The number of benzene rings is 1. The van der Waals surface area contributed by atoms with Gasteiger partial charge in [0.25, 0.3) is 6.47 Å². The third-order valence-electron chi connectivity index (χ3n) is 4.24. The molecule has 0 bridgehead atoms. The molecule has 0 radical (unpaired) electrons. The van der Waals surface area contributed by atoms with Gasteiger partial charge in [-0.3, -0.25) is 4.79 Å². The molecule has 2 rings (SSSR count).